The Balaban J connectivity index is 1.58. The molecule has 0 aromatic heterocycles. The minimum atomic E-state index is -4.03. The van der Waals surface area contributed by atoms with Crippen LogP contribution in [0.2, 0.25) is 0 Å². The van der Waals surface area contributed by atoms with E-state index in [0.717, 1.165) is 19.3 Å². The minimum Gasteiger partial charge on any atom is -0.379 e. The van der Waals surface area contributed by atoms with Crippen LogP contribution < -0.4 is 14.8 Å². The van der Waals surface area contributed by atoms with Gasteiger partial charge in [0.05, 0.1) is 11.5 Å². The SMILES string of the molecule is CCCCC1SC(=NN=Cc2ccc(OS(=O)(=O)c3ccc(NC(C)=O)cc3)cc2)NC1=O. The number of amides is 2. The number of carbonyl (C=O) groups excluding carboxylic acids is 2. The van der Waals surface area contributed by atoms with Crippen LogP contribution in [-0.2, 0) is 19.7 Å². The molecular weight excluding hydrogens is 464 g/mol. The van der Waals surface area contributed by atoms with Crippen LogP contribution >= 0.6 is 11.8 Å². The second-order valence-electron chi connectivity index (χ2n) is 7.20. The highest BCUT2D eigenvalue weighted by molar-refractivity contribution is 8.15. The third kappa shape index (κ3) is 7.16. The molecule has 1 heterocycles. The molecule has 0 bridgehead atoms. The van der Waals surface area contributed by atoms with Crippen LogP contribution in [0.3, 0.4) is 0 Å². The molecule has 2 aromatic carbocycles. The summed E-state index contributed by atoms with van der Waals surface area (Å²) < 4.78 is 30.1. The number of amidine groups is 1. The highest BCUT2D eigenvalue weighted by Crippen LogP contribution is 2.24. The van der Waals surface area contributed by atoms with Crippen molar-refractivity contribution in [1.29, 1.82) is 0 Å². The van der Waals surface area contributed by atoms with Crippen molar-refractivity contribution in [3.05, 3.63) is 54.1 Å². The number of hydrogen-bond acceptors (Lipinski definition) is 8. The second-order valence-corrected chi connectivity index (χ2v) is 9.94. The summed E-state index contributed by atoms with van der Waals surface area (Å²) in [5, 5.41) is 13.7. The maximum atomic E-state index is 12.5. The fourth-order valence-corrected chi connectivity index (χ4v) is 4.78. The van der Waals surface area contributed by atoms with Gasteiger partial charge in [0.2, 0.25) is 11.8 Å². The first-order valence-corrected chi connectivity index (χ1v) is 12.6. The molecule has 1 aliphatic rings. The Morgan fingerprint density at radius 2 is 1.88 bits per heavy atom. The smallest absolute Gasteiger partial charge is 0.339 e. The lowest BCUT2D eigenvalue weighted by molar-refractivity contribution is -0.119. The average molecular weight is 489 g/mol. The Morgan fingerprint density at radius 1 is 1.18 bits per heavy atom. The van der Waals surface area contributed by atoms with Crippen molar-refractivity contribution in [2.24, 2.45) is 10.2 Å². The molecule has 2 aromatic rings. The van der Waals surface area contributed by atoms with Crippen molar-refractivity contribution in [3.63, 3.8) is 0 Å². The van der Waals surface area contributed by atoms with E-state index in [1.165, 1.54) is 61.3 Å². The molecule has 11 heteroatoms. The molecule has 0 radical (unpaired) electrons. The highest BCUT2D eigenvalue weighted by atomic mass is 32.2. The molecule has 1 fully saturated rings. The van der Waals surface area contributed by atoms with Gasteiger partial charge in [-0.2, -0.15) is 13.5 Å². The molecule has 1 saturated heterocycles. The van der Waals surface area contributed by atoms with Crippen LogP contribution in [-0.4, -0.2) is 36.9 Å². The summed E-state index contributed by atoms with van der Waals surface area (Å²) in [4.78, 5) is 22.9. The van der Waals surface area contributed by atoms with Crippen LogP contribution in [0.4, 0.5) is 5.69 Å². The van der Waals surface area contributed by atoms with Gasteiger partial charge in [-0.25, -0.2) is 0 Å². The van der Waals surface area contributed by atoms with Crippen LogP contribution in [0.15, 0.2) is 63.6 Å². The molecule has 2 N–H and O–H groups in total. The Kier molecular flexibility index (Phi) is 8.23. The first kappa shape index (κ1) is 24.5. The number of thioether (sulfide) groups is 1. The maximum absolute atomic E-state index is 12.5. The molecule has 0 aliphatic carbocycles. The molecule has 3 rings (SSSR count). The predicted octanol–water partition coefficient (Wildman–Crippen LogP) is 3.52. The number of unbranched alkanes of at least 4 members (excludes halogenated alkanes) is 1. The Morgan fingerprint density at radius 3 is 2.52 bits per heavy atom. The molecule has 0 spiro atoms. The molecular formula is C22H24N4O5S2. The van der Waals surface area contributed by atoms with Gasteiger partial charge >= 0.3 is 10.1 Å². The fraction of sp³-hybridized carbons (Fsp3) is 0.273. The van der Waals surface area contributed by atoms with Crippen LogP contribution in [0, 0.1) is 0 Å². The summed E-state index contributed by atoms with van der Waals surface area (Å²) >= 11 is 1.37. The van der Waals surface area contributed by atoms with E-state index in [1.807, 2.05) is 0 Å². The monoisotopic (exact) mass is 488 g/mol. The molecule has 0 saturated carbocycles. The van der Waals surface area contributed by atoms with Gasteiger partial charge in [0, 0.05) is 12.6 Å². The van der Waals surface area contributed by atoms with Crippen LogP contribution in [0.5, 0.6) is 5.75 Å². The van der Waals surface area contributed by atoms with E-state index in [1.54, 1.807) is 12.1 Å². The van der Waals surface area contributed by atoms with Crippen molar-refractivity contribution < 1.29 is 22.2 Å². The zero-order chi connectivity index (χ0) is 23.8. The van der Waals surface area contributed by atoms with Crippen molar-refractivity contribution in [3.8, 4) is 5.75 Å². The summed E-state index contributed by atoms with van der Waals surface area (Å²) in [5.74, 6) is -0.156. The molecule has 1 atom stereocenters. The van der Waals surface area contributed by atoms with Crippen molar-refractivity contribution >= 4 is 50.8 Å². The van der Waals surface area contributed by atoms with Crippen molar-refractivity contribution in [2.45, 2.75) is 43.3 Å². The first-order chi connectivity index (χ1) is 15.8. The van der Waals surface area contributed by atoms with E-state index in [9.17, 15) is 18.0 Å². The van der Waals surface area contributed by atoms with E-state index >= 15 is 0 Å². The number of nitrogens with one attached hydrogen (secondary N) is 2. The summed E-state index contributed by atoms with van der Waals surface area (Å²) in [6.07, 6.45) is 4.31. The first-order valence-electron chi connectivity index (χ1n) is 10.3. The van der Waals surface area contributed by atoms with Gasteiger partial charge in [-0.1, -0.05) is 31.5 Å². The summed E-state index contributed by atoms with van der Waals surface area (Å²) in [6, 6.07) is 12.0. The lowest BCUT2D eigenvalue weighted by Gasteiger charge is -2.08. The van der Waals surface area contributed by atoms with Crippen LogP contribution in [0.1, 0.15) is 38.7 Å². The number of hydrogen-bond donors (Lipinski definition) is 2. The van der Waals surface area contributed by atoms with Gasteiger partial charge < -0.3 is 14.8 Å². The van der Waals surface area contributed by atoms with Gasteiger partial charge in [0.25, 0.3) is 0 Å². The molecule has 9 nitrogen and oxygen atoms in total. The van der Waals surface area contributed by atoms with Gasteiger partial charge in [-0.15, -0.1) is 5.10 Å². The molecule has 2 amide bonds. The van der Waals surface area contributed by atoms with E-state index in [4.69, 9.17) is 4.18 Å². The van der Waals surface area contributed by atoms with E-state index < -0.39 is 10.1 Å². The second kappa shape index (κ2) is 11.1. The number of carbonyl (C=O) groups is 2. The zero-order valence-electron chi connectivity index (χ0n) is 18.1. The topological polar surface area (TPSA) is 126 Å². The van der Waals surface area contributed by atoms with Crippen molar-refractivity contribution in [2.75, 3.05) is 5.32 Å². The molecule has 1 aliphatic heterocycles. The average Bonchev–Trinajstić information content (AvgIpc) is 3.12. The van der Waals surface area contributed by atoms with Gasteiger partial charge in [-0.05, 0) is 60.5 Å². The number of nitrogens with zero attached hydrogens (tertiary/aromatic N) is 2. The molecule has 1 unspecified atom stereocenters. The Hall–Kier alpha value is -3.18. The van der Waals surface area contributed by atoms with E-state index in [0.29, 0.717) is 16.4 Å². The number of benzene rings is 2. The third-order valence-corrected chi connectivity index (χ3v) is 6.90. The van der Waals surface area contributed by atoms with E-state index in [-0.39, 0.29) is 27.7 Å². The summed E-state index contributed by atoms with van der Waals surface area (Å²) in [6.45, 7) is 3.44. The van der Waals surface area contributed by atoms with Gasteiger partial charge in [-0.3, -0.25) is 9.59 Å². The Bertz CT molecular complexity index is 1160. The number of anilines is 1. The lowest BCUT2D eigenvalue weighted by atomic mass is 10.2. The van der Waals surface area contributed by atoms with Gasteiger partial charge in [0.15, 0.2) is 5.17 Å². The van der Waals surface area contributed by atoms with Gasteiger partial charge in [0.1, 0.15) is 10.6 Å². The predicted molar refractivity (Wildman–Crippen MR) is 129 cm³/mol. The fourth-order valence-electron chi connectivity index (χ4n) is 2.87. The summed E-state index contributed by atoms with van der Waals surface area (Å²) in [5.41, 5.74) is 1.17. The standard InChI is InChI=1S/C22H24N4O5S2/c1-3-4-5-20-21(28)25-22(32-20)26-23-14-16-6-10-18(11-7-16)31-33(29,30)19-12-8-17(9-13-19)24-15(2)27/h6-14,20H,3-5H2,1-2H3,(H,24,27)(H,25,26,28). The lowest BCUT2D eigenvalue weighted by Crippen LogP contribution is -2.24. The maximum Gasteiger partial charge on any atom is 0.339 e. The molecule has 174 valence electrons. The normalized spacial score (nSPS) is 17.3. The quantitative estimate of drug-likeness (QED) is 0.316. The highest BCUT2D eigenvalue weighted by Gasteiger charge is 2.29. The largest absolute Gasteiger partial charge is 0.379 e. The van der Waals surface area contributed by atoms with Crippen LogP contribution in [0.25, 0.3) is 0 Å². The molecule has 33 heavy (non-hydrogen) atoms. The van der Waals surface area contributed by atoms with Crippen molar-refractivity contribution in [1.82, 2.24) is 5.32 Å². The Labute approximate surface area is 196 Å². The zero-order valence-corrected chi connectivity index (χ0v) is 19.8. The third-order valence-electron chi connectivity index (χ3n) is 4.50. The van der Waals surface area contributed by atoms with E-state index in [2.05, 4.69) is 27.8 Å². The summed E-state index contributed by atoms with van der Waals surface area (Å²) in [7, 11) is -4.03. The number of rotatable bonds is 9. The minimum absolute atomic E-state index is 0.0357.